The molecule has 2 N–H and O–H groups in total. The quantitative estimate of drug-likeness (QED) is 0.594. The van der Waals surface area contributed by atoms with Crippen LogP contribution in [0.3, 0.4) is 0 Å². The Morgan fingerprint density at radius 1 is 1.46 bits per heavy atom. The van der Waals surface area contributed by atoms with E-state index in [1.54, 1.807) is 30.8 Å². The summed E-state index contributed by atoms with van der Waals surface area (Å²) in [5.74, 6) is -0.521. The number of nitrogens with zero attached hydrogens (tertiary/aromatic N) is 2. The van der Waals surface area contributed by atoms with Crippen molar-refractivity contribution in [3.05, 3.63) is 46.8 Å². The highest BCUT2D eigenvalue weighted by Crippen LogP contribution is 2.29. The number of fused-ring (bicyclic) bond motifs is 1. The van der Waals surface area contributed by atoms with Gasteiger partial charge in [-0.2, -0.15) is 13.5 Å². The number of carbonyl (C=O) groups is 1. The normalized spacial score (nSPS) is 15.3. The van der Waals surface area contributed by atoms with Crippen LogP contribution in [0.25, 0.3) is 0 Å². The average molecular weight is 379 g/mol. The molecule has 140 valence electrons. The first-order chi connectivity index (χ1) is 12.3. The molecule has 0 radical (unpaired) electrons. The number of rotatable bonds is 5. The Kier molecular flexibility index (Phi) is 5.12. The number of aromatic nitrogens is 2. The van der Waals surface area contributed by atoms with Gasteiger partial charge in [-0.15, -0.1) is 0 Å². The number of esters is 1. The highest BCUT2D eigenvalue weighted by molar-refractivity contribution is 7.85. The Bertz CT molecular complexity index is 936. The molecule has 0 fully saturated rings. The number of benzene rings is 1. The van der Waals surface area contributed by atoms with Crippen molar-refractivity contribution < 1.29 is 22.5 Å². The van der Waals surface area contributed by atoms with Crippen LogP contribution in [0.4, 0.5) is 0 Å². The molecule has 1 aliphatic rings. The van der Waals surface area contributed by atoms with Crippen molar-refractivity contribution in [3.63, 3.8) is 0 Å². The molecule has 8 nitrogen and oxygen atoms in total. The van der Waals surface area contributed by atoms with Crippen molar-refractivity contribution in [2.45, 2.75) is 37.8 Å². The number of hydrogen-bond donors (Lipinski definition) is 2. The van der Waals surface area contributed by atoms with Gasteiger partial charge in [-0.3, -0.25) is 9.23 Å². The van der Waals surface area contributed by atoms with Crippen molar-refractivity contribution in [1.82, 2.24) is 15.1 Å². The van der Waals surface area contributed by atoms with Crippen LogP contribution in [0.1, 0.15) is 35.3 Å². The Labute approximate surface area is 151 Å². The third-order valence-electron chi connectivity index (χ3n) is 4.44. The number of hydrogen-bond acceptors (Lipinski definition) is 6. The fraction of sp³-hybridized carbons (Fsp3) is 0.412. The summed E-state index contributed by atoms with van der Waals surface area (Å²) in [6.45, 7) is 5.09. The molecular weight excluding hydrogens is 358 g/mol. The molecule has 1 atom stereocenters. The molecule has 0 amide bonds. The van der Waals surface area contributed by atoms with Crippen molar-refractivity contribution in [2.75, 3.05) is 13.2 Å². The summed E-state index contributed by atoms with van der Waals surface area (Å²) in [7, 11) is -4.39. The fourth-order valence-corrected chi connectivity index (χ4v) is 3.67. The van der Waals surface area contributed by atoms with Gasteiger partial charge in [0.25, 0.3) is 10.1 Å². The first-order valence-electron chi connectivity index (χ1n) is 8.33. The molecule has 0 bridgehead atoms. The monoisotopic (exact) mass is 379 g/mol. The molecule has 1 unspecified atom stereocenters. The Hall–Kier alpha value is -2.23. The largest absolute Gasteiger partial charge is 0.464 e. The van der Waals surface area contributed by atoms with Crippen LogP contribution in [0.5, 0.6) is 0 Å². The molecule has 0 saturated heterocycles. The minimum atomic E-state index is -4.39. The van der Waals surface area contributed by atoms with Gasteiger partial charge < -0.3 is 10.1 Å². The molecule has 1 aromatic heterocycles. The maximum Gasteiger partial charge on any atom is 0.335 e. The lowest BCUT2D eigenvalue weighted by Gasteiger charge is -2.23. The lowest BCUT2D eigenvalue weighted by molar-refractivity contribution is -0.146. The minimum absolute atomic E-state index is 0.192. The van der Waals surface area contributed by atoms with Crippen LogP contribution in [0.2, 0.25) is 0 Å². The van der Waals surface area contributed by atoms with Gasteiger partial charge in [0.2, 0.25) is 0 Å². The zero-order valence-corrected chi connectivity index (χ0v) is 15.4. The minimum Gasteiger partial charge on any atom is -0.464 e. The van der Waals surface area contributed by atoms with Gasteiger partial charge in [-0.05, 0) is 37.1 Å². The SMILES string of the molecule is CCOC(=O)C(c1cc(S(=O)(=O)O)ccc1C)n1ncc2c1CCNC2. The van der Waals surface area contributed by atoms with Gasteiger partial charge in [0, 0.05) is 30.8 Å². The highest BCUT2D eigenvalue weighted by Gasteiger charge is 2.31. The van der Waals surface area contributed by atoms with Gasteiger partial charge >= 0.3 is 5.97 Å². The maximum absolute atomic E-state index is 12.7. The summed E-state index contributed by atoms with van der Waals surface area (Å²) < 4.78 is 39.3. The molecule has 26 heavy (non-hydrogen) atoms. The first-order valence-corrected chi connectivity index (χ1v) is 9.77. The topological polar surface area (TPSA) is 111 Å². The summed E-state index contributed by atoms with van der Waals surface area (Å²) >= 11 is 0. The maximum atomic E-state index is 12.7. The van der Waals surface area contributed by atoms with Gasteiger partial charge in [-0.1, -0.05) is 6.07 Å². The van der Waals surface area contributed by atoms with Crippen molar-refractivity contribution in [3.8, 4) is 0 Å². The van der Waals surface area contributed by atoms with Crippen molar-refractivity contribution in [1.29, 1.82) is 0 Å². The van der Waals surface area contributed by atoms with E-state index < -0.39 is 22.1 Å². The molecule has 2 aromatic rings. The smallest absolute Gasteiger partial charge is 0.335 e. The lowest BCUT2D eigenvalue weighted by atomic mass is 10.0. The summed E-state index contributed by atoms with van der Waals surface area (Å²) in [4.78, 5) is 12.5. The average Bonchev–Trinajstić information content (AvgIpc) is 3.00. The van der Waals surface area contributed by atoms with Crippen LogP contribution >= 0.6 is 0 Å². The van der Waals surface area contributed by atoms with E-state index in [2.05, 4.69) is 10.4 Å². The standard InChI is InChI=1S/C17H21N3O5S/c1-3-25-17(21)16(20-15-6-7-18-9-12(15)10-19-20)14-8-13(26(22,23)24)5-4-11(14)2/h4-5,8,10,16,18H,3,6-7,9H2,1-2H3,(H,22,23,24). The molecule has 1 aromatic carbocycles. The predicted molar refractivity (Wildman–Crippen MR) is 93.4 cm³/mol. The predicted octanol–water partition coefficient (Wildman–Crippen LogP) is 1.24. The molecule has 0 aliphatic carbocycles. The number of nitrogens with one attached hydrogen (secondary N) is 1. The Morgan fingerprint density at radius 2 is 2.23 bits per heavy atom. The van der Waals surface area contributed by atoms with Crippen molar-refractivity contribution in [2.24, 2.45) is 0 Å². The second-order valence-electron chi connectivity index (χ2n) is 6.14. The third kappa shape index (κ3) is 3.50. The second kappa shape index (κ2) is 7.18. The van der Waals surface area contributed by atoms with E-state index in [4.69, 9.17) is 4.74 Å². The van der Waals surface area contributed by atoms with Gasteiger partial charge in [0.1, 0.15) is 0 Å². The number of carbonyl (C=O) groups excluding carboxylic acids is 1. The second-order valence-corrected chi connectivity index (χ2v) is 7.56. The Balaban J connectivity index is 2.17. The molecule has 2 heterocycles. The zero-order chi connectivity index (χ0) is 18.9. The van der Waals surface area contributed by atoms with Gasteiger partial charge in [-0.25, -0.2) is 4.79 Å². The van der Waals surface area contributed by atoms with E-state index >= 15 is 0 Å². The van der Waals surface area contributed by atoms with Crippen LogP contribution in [0.15, 0.2) is 29.3 Å². The van der Waals surface area contributed by atoms with Gasteiger partial charge in [0.05, 0.1) is 17.7 Å². The molecule has 9 heteroatoms. The summed E-state index contributed by atoms with van der Waals surface area (Å²) in [5.41, 5.74) is 3.05. The van der Waals surface area contributed by atoms with E-state index in [9.17, 15) is 17.8 Å². The van der Waals surface area contributed by atoms with E-state index in [1.165, 1.54) is 12.1 Å². The molecule has 1 aliphatic heterocycles. The Morgan fingerprint density at radius 3 is 2.92 bits per heavy atom. The fourth-order valence-electron chi connectivity index (χ4n) is 3.15. The molecule has 3 rings (SSSR count). The lowest BCUT2D eigenvalue weighted by Crippen LogP contribution is -2.30. The molecular formula is C17H21N3O5S. The van der Waals surface area contributed by atoms with Crippen LogP contribution in [-0.2, 0) is 32.6 Å². The zero-order valence-electron chi connectivity index (χ0n) is 14.6. The molecule has 0 saturated carbocycles. The number of ether oxygens (including phenoxy) is 1. The molecule has 0 spiro atoms. The van der Waals surface area contributed by atoms with Crippen LogP contribution in [0, 0.1) is 6.92 Å². The summed E-state index contributed by atoms with van der Waals surface area (Å²) in [5, 5.41) is 7.62. The van der Waals surface area contributed by atoms with Gasteiger partial charge in [0.15, 0.2) is 6.04 Å². The van der Waals surface area contributed by atoms with E-state index in [-0.39, 0.29) is 11.5 Å². The first kappa shape index (κ1) is 18.6. The highest BCUT2D eigenvalue weighted by atomic mass is 32.2. The van der Waals surface area contributed by atoms with E-state index in [1.807, 2.05) is 0 Å². The van der Waals surface area contributed by atoms with Crippen molar-refractivity contribution >= 4 is 16.1 Å². The van der Waals surface area contributed by atoms with E-state index in [0.29, 0.717) is 24.1 Å². The summed E-state index contributed by atoms with van der Waals surface area (Å²) in [6, 6.07) is 3.25. The summed E-state index contributed by atoms with van der Waals surface area (Å²) in [6.07, 6.45) is 2.40. The number of aryl methyl sites for hydroxylation is 1. The third-order valence-corrected chi connectivity index (χ3v) is 5.29. The van der Waals surface area contributed by atoms with E-state index in [0.717, 1.165) is 17.8 Å². The van der Waals surface area contributed by atoms with Crippen LogP contribution < -0.4 is 5.32 Å². The van der Waals surface area contributed by atoms with Crippen LogP contribution in [-0.4, -0.2) is 41.9 Å².